The van der Waals surface area contributed by atoms with Crippen LogP contribution < -0.4 is 10.2 Å². The summed E-state index contributed by atoms with van der Waals surface area (Å²) in [6.45, 7) is 5.43. The van der Waals surface area contributed by atoms with Gasteiger partial charge in [0.2, 0.25) is 0 Å². The van der Waals surface area contributed by atoms with Gasteiger partial charge in [0.05, 0.1) is 12.5 Å². The zero-order valence-corrected chi connectivity index (χ0v) is 13.3. The third-order valence-electron chi connectivity index (χ3n) is 3.00. The number of furan rings is 1. The lowest BCUT2D eigenvalue weighted by Crippen LogP contribution is -2.33. The van der Waals surface area contributed by atoms with E-state index < -0.39 is 6.10 Å². The highest BCUT2D eigenvalue weighted by molar-refractivity contribution is 6.32. The van der Waals surface area contributed by atoms with E-state index in [-0.39, 0.29) is 5.91 Å². The van der Waals surface area contributed by atoms with E-state index in [1.807, 2.05) is 13.8 Å². The second kappa shape index (κ2) is 7.13. The van der Waals surface area contributed by atoms with Crippen LogP contribution in [-0.2, 0) is 4.79 Å². The first-order valence-electron chi connectivity index (χ1n) is 6.77. The van der Waals surface area contributed by atoms with Gasteiger partial charge in [-0.1, -0.05) is 11.6 Å². The van der Waals surface area contributed by atoms with E-state index in [1.165, 1.54) is 12.5 Å². The molecule has 0 saturated heterocycles. The highest BCUT2D eigenvalue weighted by Gasteiger charge is 2.15. The van der Waals surface area contributed by atoms with Crippen LogP contribution in [0.1, 0.15) is 23.8 Å². The predicted molar refractivity (Wildman–Crippen MR) is 85.5 cm³/mol. The number of hydrazone groups is 1. The van der Waals surface area contributed by atoms with Crippen LogP contribution >= 0.6 is 11.6 Å². The van der Waals surface area contributed by atoms with Crippen LogP contribution in [0.15, 0.2) is 40.0 Å². The molecule has 0 fully saturated rings. The molecule has 2 aromatic rings. The molecule has 0 aliphatic heterocycles. The van der Waals surface area contributed by atoms with Crippen molar-refractivity contribution in [3.8, 4) is 5.75 Å². The highest BCUT2D eigenvalue weighted by atomic mass is 35.5. The first-order valence-corrected chi connectivity index (χ1v) is 7.15. The zero-order valence-electron chi connectivity index (χ0n) is 12.6. The van der Waals surface area contributed by atoms with Gasteiger partial charge in [0, 0.05) is 5.02 Å². The first kappa shape index (κ1) is 16.1. The molecule has 0 unspecified atom stereocenters. The summed E-state index contributed by atoms with van der Waals surface area (Å²) >= 11 is 6.10. The Morgan fingerprint density at radius 3 is 2.68 bits per heavy atom. The molecular formula is C16H17ClN2O3. The minimum absolute atomic E-state index is 0.354. The van der Waals surface area contributed by atoms with E-state index >= 15 is 0 Å². The molecule has 1 N–H and O–H groups in total. The van der Waals surface area contributed by atoms with E-state index in [2.05, 4.69) is 10.5 Å². The van der Waals surface area contributed by atoms with Crippen molar-refractivity contribution < 1.29 is 13.9 Å². The van der Waals surface area contributed by atoms with Crippen LogP contribution in [0.5, 0.6) is 5.75 Å². The van der Waals surface area contributed by atoms with Crippen LogP contribution in [0.4, 0.5) is 0 Å². The molecule has 0 aliphatic carbocycles. The smallest absolute Gasteiger partial charge is 0.280 e. The van der Waals surface area contributed by atoms with Crippen LogP contribution in [0.2, 0.25) is 5.02 Å². The number of carbonyl (C=O) groups excluding carboxylic acids is 1. The molecule has 0 bridgehead atoms. The molecule has 1 heterocycles. The van der Waals surface area contributed by atoms with E-state index in [0.717, 1.165) is 11.1 Å². The normalized spacial score (nSPS) is 12.4. The monoisotopic (exact) mass is 320 g/mol. The van der Waals surface area contributed by atoms with Crippen molar-refractivity contribution in [2.45, 2.75) is 26.9 Å². The topological polar surface area (TPSA) is 63.8 Å². The lowest BCUT2D eigenvalue weighted by atomic mass is 10.1. The fourth-order valence-corrected chi connectivity index (χ4v) is 1.96. The summed E-state index contributed by atoms with van der Waals surface area (Å²) in [6, 6.07) is 7.06. The van der Waals surface area contributed by atoms with Crippen LogP contribution in [0.3, 0.4) is 0 Å². The Bertz CT molecular complexity index is 658. The average molecular weight is 321 g/mol. The number of hydrogen-bond acceptors (Lipinski definition) is 4. The predicted octanol–water partition coefficient (Wildman–Crippen LogP) is 3.47. The molecule has 0 saturated carbocycles. The van der Waals surface area contributed by atoms with Crippen molar-refractivity contribution in [3.63, 3.8) is 0 Å². The van der Waals surface area contributed by atoms with Gasteiger partial charge in [0.15, 0.2) is 6.10 Å². The Hall–Kier alpha value is -2.27. The van der Waals surface area contributed by atoms with Gasteiger partial charge in [-0.25, -0.2) is 5.43 Å². The van der Waals surface area contributed by atoms with Gasteiger partial charge in [-0.15, -0.1) is 0 Å². The molecule has 22 heavy (non-hydrogen) atoms. The van der Waals surface area contributed by atoms with E-state index in [0.29, 0.717) is 16.5 Å². The third-order valence-corrected chi connectivity index (χ3v) is 3.60. The summed E-state index contributed by atoms with van der Waals surface area (Å²) in [4.78, 5) is 11.9. The number of aryl methyl sites for hydroxylation is 2. The molecule has 5 nitrogen and oxygen atoms in total. The summed E-state index contributed by atoms with van der Waals surface area (Å²) in [5.41, 5.74) is 4.21. The second-order valence-electron chi connectivity index (χ2n) is 4.88. The number of halogens is 1. The van der Waals surface area contributed by atoms with Crippen LogP contribution in [0, 0.1) is 13.8 Å². The summed E-state index contributed by atoms with van der Waals surface area (Å²) in [5, 5.41) is 4.51. The quantitative estimate of drug-likeness (QED) is 0.677. The maximum atomic E-state index is 11.9. The molecule has 6 heteroatoms. The summed E-state index contributed by atoms with van der Waals surface area (Å²) < 4.78 is 10.7. The first-order chi connectivity index (χ1) is 10.5. The minimum atomic E-state index is -0.686. The molecule has 0 aliphatic rings. The van der Waals surface area contributed by atoms with Crippen molar-refractivity contribution in [2.24, 2.45) is 5.10 Å². The van der Waals surface area contributed by atoms with Gasteiger partial charge in [0.1, 0.15) is 11.5 Å². The fraction of sp³-hybridized carbons (Fsp3) is 0.250. The highest BCUT2D eigenvalue weighted by Crippen LogP contribution is 2.26. The number of nitrogens with one attached hydrogen (secondary N) is 1. The number of ether oxygens (including phenoxy) is 1. The van der Waals surface area contributed by atoms with E-state index in [9.17, 15) is 4.79 Å². The van der Waals surface area contributed by atoms with E-state index in [4.69, 9.17) is 20.8 Å². The summed E-state index contributed by atoms with van der Waals surface area (Å²) in [6.07, 6.45) is 2.26. The van der Waals surface area contributed by atoms with Crippen molar-refractivity contribution >= 4 is 23.7 Å². The molecule has 1 aromatic carbocycles. The number of carbonyl (C=O) groups is 1. The number of rotatable bonds is 5. The van der Waals surface area contributed by atoms with Crippen LogP contribution in [0.25, 0.3) is 0 Å². The Morgan fingerprint density at radius 2 is 2.09 bits per heavy atom. The maximum Gasteiger partial charge on any atom is 0.280 e. The summed E-state index contributed by atoms with van der Waals surface area (Å²) in [7, 11) is 0. The van der Waals surface area contributed by atoms with Gasteiger partial charge in [-0.05, 0) is 56.2 Å². The average Bonchev–Trinajstić information content (AvgIpc) is 2.97. The lowest BCUT2D eigenvalue weighted by molar-refractivity contribution is -0.127. The van der Waals surface area contributed by atoms with Gasteiger partial charge >= 0.3 is 0 Å². The lowest BCUT2D eigenvalue weighted by Gasteiger charge is -2.14. The Kier molecular flexibility index (Phi) is 5.22. The van der Waals surface area contributed by atoms with Gasteiger partial charge in [0.25, 0.3) is 5.91 Å². The van der Waals surface area contributed by atoms with Crippen molar-refractivity contribution in [3.05, 3.63) is 52.4 Å². The molecule has 2 rings (SSSR count). The standard InChI is InChI=1S/C16H17ClN2O3/c1-10-7-14(8-11(2)15(10)17)22-12(3)16(20)19-18-9-13-5-4-6-21-13/h4-9,12H,1-3H3,(H,19,20)/b18-9-/t12-/m1/s1. The molecular weight excluding hydrogens is 304 g/mol. The third kappa shape index (κ3) is 4.11. The Morgan fingerprint density at radius 1 is 1.41 bits per heavy atom. The number of benzene rings is 1. The molecule has 1 amide bonds. The van der Waals surface area contributed by atoms with Crippen molar-refractivity contribution in [1.82, 2.24) is 5.43 Å². The second-order valence-corrected chi connectivity index (χ2v) is 5.26. The Balaban J connectivity index is 1.94. The number of hydrogen-bond donors (Lipinski definition) is 1. The molecule has 1 aromatic heterocycles. The Labute approximate surface area is 133 Å². The molecule has 0 radical (unpaired) electrons. The molecule has 1 atom stereocenters. The van der Waals surface area contributed by atoms with E-state index in [1.54, 1.807) is 31.2 Å². The number of amides is 1. The van der Waals surface area contributed by atoms with Gasteiger partial charge in [-0.2, -0.15) is 5.10 Å². The van der Waals surface area contributed by atoms with Gasteiger partial charge < -0.3 is 9.15 Å². The summed E-state index contributed by atoms with van der Waals surface area (Å²) in [5.74, 6) is 0.794. The fourth-order valence-electron chi connectivity index (χ4n) is 1.85. The zero-order chi connectivity index (χ0) is 16.1. The minimum Gasteiger partial charge on any atom is -0.481 e. The molecule has 116 valence electrons. The largest absolute Gasteiger partial charge is 0.481 e. The van der Waals surface area contributed by atoms with Gasteiger partial charge in [-0.3, -0.25) is 4.79 Å². The SMILES string of the molecule is Cc1cc(O[C@H](C)C(=O)N/N=C\c2ccco2)cc(C)c1Cl. The molecule has 0 spiro atoms. The van der Waals surface area contributed by atoms with Crippen molar-refractivity contribution in [1.29, 1.82) is 0 Å². The maximum absolute atomic E-state index is 11.9. The van der Waals surface area contributed by atoms with Crippen LogP contribution in [-0.4, -0.2) is 18.2 Å². The van der Waals surface area contributed by atoms with Crippen molar-refractivity contribution in [2.75, 3.05) is 0 Å². The number of nitrogens with zero attached hydrogens (tertiary/aromatic N) is 1.